The number of amides is 1. The number of piperidine rings is 1. The van der Waals surface area contributed by atoms with Gasteiger partial charge in [-0.25, -0.2) is 4.39 Å². The van der Waals surface area contributed by atoms with Crippen LogP contribution in [-0.4, -0.2) is 37.5 Å². The topological polar surface area (TPSA) is 35.6 Å². The molecule has 1 unspecified atom stereocenters. The van der Waals surface area contributed by atoms with Crippen molar-refractivity contribution in [2.24, 2.45) is 0 Å². The van der Waals surface area contributed by atoms with E-state index in [1.165, 1.54) is 11.6 Å². The summed E-state index contributed by atoms with van der Waals surface area (Å²) < 4.78 is 14.3. The lowest BCUT2D eigenvalue weighted by Crippen LogP contribution is -2.47. The Morgan fingerprint density at radius 2 is 1.73 bits per heavy atom. The number of benzene rings is 3. The van der Waals surface area contributed by atoms with Crippen molar-refractivity contribution in [1.29, 1.82) is 0 Å². The molecule has 41 heavy (non-hydrogen) atoms. The Balaban J connectivity index is 1.27. The SMILES string of the molecule is C=C1CC2(CCN(CCC(C(=O)NCc3ccc(CC)cc3)c3ccc(Cl)c(Cl)c3)CC2)c2cc(F)ccc2N1C. The molecule has 2 aliphatic rings. The number of likely N-dealkylation sites (tertiary alicyclic amines) is 1. The van der Waals surface area contributed by atoms with Crippen molar-refractivity contribution in [3.63, 3.8) is 0 Å². The van der Waals surface area contributed by atoms with Crippen molar-refractivity contribution in [3.8, 4) is 0 Å². The van der Waals surface area contributed by atoms with Gasteiger partial charge in [-0.15, -0.1) is 0 Å². The molecule has 1 amide bonds. The van der Waals surface area contributed by atoms with Gasteiger partial charge in [-0.3, -0.25) is 4.79 Å². The van der Waals surface area contributed by atoms with Crippen LogP contribution in [0.5, 0.6) is 0 Å². The fourth-order valence-electron chi connectivity index (χ4n) is 6.35. The third-order valence-electron chi connectivity index (χ3n) is 9.02. The van der Waals surface area contributed by atoms with E-state index < -0.39 is 0 Å². The van der Waals surface area contributed by atoms with E-state index in [0.717, 1.165) is 73.4 Å². The van der Waals surface area contributed by atoms with Crippen LogP contribution in [-0.2, 0) is 23.2 Å². The molecule has 2 heterocycles. The van der Waals surface area contributed by atoms with E-state index in [1.54, 1.807) is 12.1 Å². The predicted octanol–water partition coefficient (Wildman–Crippen LogP) is 7.87. The number of nitrogens with one attached hydrogen (secondary N) is 1. The van der Waals surface area contributed by atoms with Gasteiger partial charge in [0.25, 0.3) is 0 Å². The monoisotopic (exact) mass is 593 g/mol. The van der Waals surface area contributed by atoms with Gasteiger partial charge in [-0.2, -0.15) is 0 Å². The lowest BCUT2D eigenvalue weighted by atomic mass is 9.67. The largest absolute Gasteiger partial charge is 0.351 e. The number of fused-ring (bicyclic) bond motifs is 2. The quantitative estimate of drug-likeness (QED) is 0.288. The Morgan fingerprint density at radius 1 is 1.02 bits per heavy atom. The maximum atomic E-state index is 14.3. The van der Waals surface area contributed by atoms with Crippen molar-refractivity contribution in [3.05, 3.63) is 111 Å². The van der Waals surface area contributed by atoms with Gasteiger partial charge in [0.15, 0.2) is 0 Å². The predicted molar refractivity (Wildman–Crippen MR) is 167 cm³/mol. The number of carbonyl (C=O) groups is 1. The second-order valence-electron chi connectivity index (χ2n) is 11.5. The molecule has 0 radical (unpaired) electrons. The van der Waals surface area contributed by atoms with Gasteiger partial charge in [-0.05, 0) is 104 Å². The number of hydrogen-bond donors (Lipinski definition) is 1. The van der Waals surface area contributed by atoms with Gasteiger partial charge in [0.1, 0.15) is 5.82 Å². The summed E-state index contributed by atoms with van der Waals surface area (Å²) in [6.45, 7) is 9.45. The Labute approximate surface area is 253 Å². The van der Waals surface area contributed by atoms with E-state index in [9.17, 15) is 9.18 Å². The van der Waals surface area contributed by atoms with Crippen LogP contribution in [0.15, 0.2) is 72.9 Å². The lowest BCUT2D eigenvalue weighted by molar-refractivity contribution is -0.123. The Bertz CT molecular complexity index is 1420. The van der Waals surface area contributed by atoms with Crippen molar-refractivity contribution < 1.29 is 9.18 Å². The summed E-state index contributed by atoms with van der Waals surface area (Å²) in [5.41, 5.74) is 6.31. The Kier molecular flexibility index (Phi) is 9.08. The molecule has 3 aromatic rings. The van der Waals surface area contributed by atoms with Crippen LogP contribution in [0.1, 0.15) is 60.8 Å². The van der Waals surface area contributed by atoms with Crippen LogP contribution in [0.2, 0.25) is 10.0 Å². The van der Waals surface area contributed by atoms with Crippen molar-refractivity contribution >= 4 is 34.8 Å². The van der Waals surface area contributed by atoms with Crippen LogP contribution in [0, 0.1) is 5.82 Å². The molecule has 1 saturated heterocycles. The van der Waals surface area contributed by atoms with Crippen LogP contribution in [0.3, 0.4) is 0 Å². The molecule has 1 N–H and O–H groups in total. The van der Waals surface area contributed by atoms with E-state index in [4.69, 9.17) is 23.2 Å². The molecule has 1 atom stereocenters. The van der Waals surface area contributed by atoms with E-state index in [-0.39, 0.29) is 23.1 Å². The summed E-state index contributed by atoms with van der Waals surface area (Å²) >= 11 is 12.6. The Hall–Kier alpha value is -2.86. The first-order chi connectivity index (χ1) is 19.7. The van der Waals surface area contributed by atoms with Crippen molar-refractivity contribution in [2.45, 2.75) is 56.9 Å². The molecule has 2 aliphatic heterocycles. The summed E-state index contributed by atoms with van der Waals surface area (Å²) in [5, 5.41) is 4.07. The summed E-state index contributed by atoms with van der Waals surface area (Å²) in [5.74, 6) is -0.566. The average Bonchev–Trinajstić information content (AvgIpc) is 2.98. The minimum absolute atomic E-state index is 0.0209. The molecule has 216 valence electrons. The second-order valence-corrected chi connectivity index (χ2v) is 12.3. The fourth-order valence-corrected chi connectivity index (χ4v) is 6.65. The van der Waals surface area contributed by atoms with E-state index in [0.29, 0.717) is 23.0 Å². The molecule has 7 heteroatoms. The molecule has 0 aliphatic carbocycles. The first kappa shape index (κ1) is 29.6. The van der Waals surface area contributed by atoms with Gasteiger partial charge in [0.2, 0.25) is 5.91 Å². The molecular formula is C34H38Cl2FN3O. The number of carbonyl (C=O) groups excluding carboxylic acids is 1. The first-order valence-electron chi connectivity index (χ1n) is 14.4. The maximum Gasteiger partial charge on any atom is 0.227 e. The molecule has 0 aromatic heterocycles. The average molecular weight is 595 g/mol. The first-order valence-corrected chi connectivity index (χ1v) is 15.2. The highest BCUT2D eigenvalue weighted by Crippen LogP contribution is 2.49. The highest BCUT2D eigenvalue weighted by molar-refractivity contribution is 6.42. The fraction of sp³-hybridized carbons (Fsp3) is 0.382. The number of halogens is 3. The van der Waals surface area contributed by atoms with Gasteiger partial charge < -0.3 is 15.1 Å². The standard InChI is InChI=1S/C34H38Cl2FN3O/c1-4-24-5-7-25(8-6-24)22-38-33(41)28(26-9-11-30(35)31(36)19-26)13-16-40-17-14-34(15-18-40)21-23(2)39(3)32-12-10-27(37)20-29(32)34/h5-12,19-20,28H,2,4,13-18,21-22H2,1,3H3,(H,38,41). The molecule has 1 spiro atoms. The van der Waals surface area contributed by atoms with Crippen LogP contribution >= 0.6 is 23.2 Å². The molecule has 3 aromatic carbocycles. The summed E-state index contributed by atoms with van der Waals surface area (Å²) in [7, 11) is 2.01. The zero-order valence-electron chi connectivity index (χ0n) is 23.9. The zero-order valence-corrected chi connectivity index (χ0v) is 25.4. The second kappa shape index (κ2) is 12.6. The van der Waals surface area contributed by atoms with Gasteiger partial charge in [-0.1, -0.05) is 67.0 Å². The van der Waals surface area contributed by atoms with Gasteiger partial charge >= 0.3 is 0 Å². The summed E-state index contributed by atoms with van der Waals surface area (Å²) in [4.78, 5) is 18.0. The van der Waals surface area contributed by atoms with E-state index in [1.807, 2.05) is 25.2 Å². The number of nitrogens with zero attached hydrogens (tertiary/aromatic N) is 2. The third-order valence-corrected chi connectivity index (χ3v) is 9.75. The molecule has 0 saturated carbocycles. The van der Waals surface area contributed by atoms with Crippen molar-refractivity contribution in [1.82, 2.24) is 10.2 Å². The molecule has 0 bridgehead atoms. The lowest BCUT2D eigenvalue weighted by Gasteiger charge is -2.48. The third kappa shape index (κ3) is 6.48. The van der Waals surface area contributed by atoms with Crippen LogP contribution in [0.25, 0.3) is 0 Å². The zero-order chi connectivity index (χ0) is 29.1. The highest BCUT2D eigenvalue weighted by atomic mass is 35.5. The molecular weight excluding hydrogens is 556 g/mol. The molecule has 1 fully saturated rings. The maximum absolute atomic E-state index is 14.3. The normalized spacial score (nSPS) is 17.4. The Morgan fingerprint density at radius 3 is 2.41 bits per heavy atom. The number of allylic oxidation sites excluding steroid dienone is 1. The number of anilines is 1. The summed E-state index contributed by atoms with van der Waals surface area (Å²) in [6.07, 6.45) is 4.33. The minimum Gasteiger partial charge on any atom is -0.351 e. The van der Waals surface area contributed by atoms with Crippen LogP contribution < -0.4 is 10.2 Å². The van der Waals surface area contributed by atoms with E-state index >= 15 is 0 Å². The molecule has 4 nitrogen and oxygen atoms in total. The smallest absolute Gasteiger partial charge is 0.227 e. The minimum atomic E-state index is -0.353. The van der Waals surface area contributed by atoms with Gasteiger partial charge in [0, 0.05) is 30.4 Å². The van der Waals surface area contributed by atoms with Crippen LogP contribution in [0.4, 0.5) is 10.1 Å². The number of aryl methyl sites for hydroxylation is 1. The van der Waals surface area contributed by atoms with E-state index in [2.05, 4.69) is 52.9 Å². The highest BCUT2D eigenvalue weighted by Gasteiger charge is 2.42. The summed E-state index contributed by atoms with van der Waals surface area (Å²) in [6, 6.07) is 18.9. The van der Waals surface area contributed by atoms with Crippen molar-refractivity contribution in [2.75, 3.05) is 31.6 Å². The van der Waals surface area contributed by atoms with Gasteiger partial charge in [0.05, 0.1) is 16.0 Å². The number of rotatable bonds is 8. The number of hydrogen-bond acceptors (Lipinski definition) is 3. The molecule has 5 rings (SSSR count).